The maximum Gasteiger partial charge on any atom is 0.434 e. The lowest BCUT2D eigenvalue weighted by molar-refractivity contribution is -0.351. The zero-order chi connectivity index (χ0) is 22.7. The number of ether oxygens (including phenoxy) is 1. The van der Waals surface area contributed by atoms with Gasteiger partial charge < -0.3 is 14.5 Å². The van der Waals surface area contributed by atoms with Gasteiger partial charge in [-0.3, -0.25) is 9.69 Å². The van der Waals surface area contributed by atoms with Crippen molar-refractivity contribution in [3.63, 3.8) is 0 Å². The van der Waals surface area contributed by atoms with Gasteiger partial charge in [0.05, 0.1) is 12.4 Å². The van der Waals surface area contributed by atoms with E-state index in [9.17, 15) is 31.1 Å². The molecule has 0 saturated carbocycles. The molecule has 170 valence electrons. The monoisotopic (exact) mass is 450 g/mol. The molecule has 2 heterocycles. The molecule has 1 N–H and O–H groups in total. The van der Waals surface area contributed by atoms with Crippen molar-refractivity contribution in [1.29, 1.82) is 0 Å². The van der Waals surface area contributed by atoms with Crippen molar-refractivity contribution in [2.75, 3.05) is 13.2 Å². The molecule has 1 aliphatic rings. The standard InChI is InChI=1S/C20H20F6N2O3/c21-19(22,23)18(20(24,25)26,27-17(29)16-9-5-11-31-16)28(13-15-8-4-10-30-15)12-14-6-2-1-3-7-14/h1-3,5-7,9,11,15H,4,8,10,12-13H2,(H,27,29). The van der Waals surface area contributed by atoms with E-state index in [2.05, 4.69) is 0 Å². The quantitative estimate of drug-likeness (QED) is 0.498. The summed E-state index contributed by atoms with van der Waals surface area (Å²) in [4.78, 5) is 12.5. The fourth-order valence-corrected chi connectivity index (χ4v) is 3.53. The van der Waals surface area contributed by atoms with Gasteiger partial charge >= 0.3 is 12.4 Å². The number of amides is 1. The molecule has 0 aliphatic carbocycles. The van der Waals surface area contributed by atoms with Gasteiger partial charge in [-0.1, -0.05) is 30.3 Å². The highest BCUT2D eigenvalue weighted by Gasteiger charge is 2.75. The summed E-state index contributed by atoms with van der Waals surface area (Å²) >= 11 is 0. The maximum absolute atomic E-state index is 14.3. The fourth-order valence-electron chi connectivity index (χ4n) is 3.53. The van der Waals surface area contributed by atoms with Gasteiger partial charge in [-0.05, 0) is 30.5 Å². The number of nitrogens with one attached hydrogen (secondary N) is 1. The second-order valence-electron chi connectivity index (χ2n) is 7.14. The SMILES string of the molecule is O=C(NC(N(Cc1ccccc1)CC1CCCO1)(C(F)(F)F)C(F)(F)F)c1ccco1. The van der Waals surface area contributed by atoms with E-state index in [0.29, 0.717) is 12.8 Å². The molecule has 0 spiro atoms. The van der Waals surface area contributed by atoms with E-state index in [0.717, 1.165) is 12.3 Å². The van der Waals surface area contributed by atoms with Crippen molar-refractivity contribution in [2.24, 2.45) is 0 Å². The van der Waals surface area contributed by atoms with Crippen LogP contribution in [0.2, 0.25) is 0 Å². The van der Waals surface area contributed by atoms with Gasteiger partial charge in [0.1, 0.15) is 0 Å². The Morgan fingerprint density at radius 3 is 2.23 bits per heavy atom. The van der Waals surface area contributed by atoms with Crippen LogP contribution in [0.25, 0.3) is 0 Å². The van der Waals surface area contributed by atoms with E-state index in [1.165, 1.54) is 35.6 Å². The van der Waals surface area contributed by atoms with Crippen LogP contribution in [0.15, 0.2) is 53.1 Å². The topological polar surface area (TPSA) is 54.7 Å². The average molecular weight is 450 g/mol. The van der Waals surface area contributed by atoms with E-state index in [1.54, 1.807) is 6.07 Å². The van der Waals surface area contributed by atoms with Gasteiger partial charge in [-0.15, -0.1) is 0 Å². The molecular formula is C20H20F6N2O3. The molecule has 5 nitrogen and oxygen atoms in total. The lowest BCUT2D eigenvalue weighted by Crippen LogP contribution is -2.76. The number of alkyl halides is 6. The van der Waals surface area contributed by atoms with Crippen LogP contribution in [0.3, 0.4) is 0 Å². The number of nitrogens with zero attached hydrogens (tertiary/aromatic N) is 1. The van der Waals surface area contributed by atoms with Crippen LogP contribution in [0.5, 0.6) is 0 Å². The van der Waals surface area contributed by atoms with Gasteiger partial charge in [0.2, 0.25) is 0 Å². The molecule has 0 radical (unpaired) electrons. The molecule has 11 heteroatoms. The van der Waals surface area contributed by atoms with Gasteiger partial charge in [0, 0.05) is 19.7 Å². The molecule has 1 aromatic heterocycles. The molecule has 1 unspecified atom stereocenters. The summed E-state index contributed by atoms with van der Waals surface area (Å²) in [6, 6.07) is 9.59. The highest BCUT2D eigenvalue weighted by molar-refractivity contribution is 5.92. The number of halogens is 6. The van der Waals surface area contributed by atoms with Crippen LogP contribution in [-0.4, -0.2) is 48.1 Å². The molecule has 2 aromatic rings. The Morgan fingerprint density at radius 2 is 1.71 bits per heavy atom. The van der Waals surface area contributed by atoms with Crippen LogP contribution >= 0.6 is 0 Å². The third kappa shape index (κ3) is 4.87. The summed E-state index contributed by atoms with van der Waals surface area (Å²) in [5.41, 5.74) is -4.45. The van der Waals surface area contributed by atoms with Crippen LogP contribution < -0.4 is 5.32 Å². The van der Waals surface area contributed by atoms with E-state index in [1.807, 2.05) is 0 Å². The molecule has 1 amide bonds. The second-order valence-corrected chi connectivity index (χ2v) is 7.14. The molecule has 1 fully saturated rings. The largest absolute Gasteiger partial charge is 0.459 e. The number of benzene rings is 1. The first-order valence-corrected chi connectivity index (χ1v) is 9.44. The lowest BCUT2D eigenvalue weighted by atomic mass is 10.0. The van der Waals surface area contributed by atoms with Crippen LogP contribution in [0.4, 0.5) is 26.3 Å². The first-order valence-electron chi connectivity index (χ1n) is 9.44. The molecule has 1 saturated heterocycles. The molecule has 31 heavy (non-hydrogen) atoms. The summed E-state index contributed by atoms with van der Waals surface area (Å²) in [7, 11) is 0. The third-order valence-electron chi connectivity index (χ3n) is 5.00. The van der Waals surface area contributed by atoms with E-state index >= 15 is 0 Å². The highest BCUT2D eigenvalue weighted by Crippen LogP contribution is 2.46. The molecule has 0 bridgehead atoms. The minimum absolute atomic E-state index is 0.180. The van der Waals surface area contributed by atoms with Crippen molar-refractivity contribution >= 4 is 5.91 Å². The second kappa shape index (κ2) is 8.91. The Morgan fingerprint density at radius 1 is 1.03 bits per heavy atom. The minimum atomic E-state index is -5.90. The Kier molecular flexibility index (Phi) is 6.65. The van der Waals surface area contributed by atoms with Crippen molar-refractivity contribution in [1.82, 2.24) is 10.2 Å². The molecule has 1 aliphatic heterocycles. The number of rotatable bonds is 7. The van der Waals surface area contributed by atoms with Gasteiger partial charge in [-0.25, -0.2) is 0 Å². The smallest absolute Gasteiger partial charge is 0.434 e. The van der Waals surface area contributed by atoms with Gasteiger partial charge in [0.25, 0.3) is 11.6 Å². The van der Waals surface area contributed by atoms with E-state index in [-0.39, 0.29) is 17.1 Å². The van der Waals surface area contributed by atoms with Crippen molar-refractivity contribution in [3.05, 3.63) is 60.1 Å². The zero-order valence-corrected chi connectivity index (χ0v) is 16.2. The molecule has 1 aromatic carbocycles. The number of hydrogen-bond acceptors (Lipinski definition) is 4. The zero-order valence-electron chi connectivity index (χ0n) is 16.2. The first-order chi connectivity index (χ1) is 14.5. The van der Waals surface area contributed by atoms with Crippen molar-refractivity contribution in [3.8, 4) is 0 Å². The van der Waals surface area contributed by atoms with Crippen LogP contribution in [0, 0.1) is 0 Å². The summed E-state index contributed by atoms with van der Waals surface area (Å²) in [5.74, 6) is -2.31. The Balaban J connectivity index is 2.08. The summed E-state index contributed by atoms with van der Waals surface area (Å²) < 4.78 is 95.5. The highest BCUT2D eigenvalue weighted by atomic mass is 19.4. The van der Waals surface area contributed by atoms with Crippen molar-refractivity contribution in [2.45, 2.75) is 43.5 Å². The predicted molar refractivity (Wildman–Crippen MR) is 96.8 cm³/mol. The summed E-state index contributed by atoms with van der Waals surface area (Å²) in [5, 5.41) is 1.19. The Bertz CT molecular complexity index is 832. The van der Waals surface area contributed by atoms with Crippen LogP contribution in [-0.2, 0) is 11.3 Å². The van der Waals surface area contributed by atoms with Gasteiger partial charge in [-0.2, -0.15) is 26.3 Å². The predicted octanol–water partition coefficient (Wildman–Crippen LogP) is 4.51. The maximum atomic E-state index is 14.3. The van der Waals surface area contributed by atoms with E-state index < -0.39 is 48.9 Å². The first kappa shape index (κ1) is 23.1. The molecular weight excluding hydrogens is 430 g/mol. The summed E-state index contributed by atoms with van der Waals surface area (Å²) in [6.45, 7) is -1.17. The Hall–Kier alpha value is -2.53. The lowest BCUT2D eigenvalue weighted by Gasteiger charge is -2.46. The van der Waals surface area contributed by atoms with E-state index in [4.69, 9.17) is 9.15 Å². The minimum Gasteiger partial charge on any atom is -0.459 e. The molecule has 1 atom stereocenters. The van der Waals surface area contributed by atoms with Gasteiger partial charge in [0.15, 0.2) is 5.76 Å². The normalized spacial score (nSPS) is 17.8. The van der Waals surface area contributed by atoms with Crippen molar-refractivity contribution < 1.29 is 40.3 Å². The number of furan rings is 1. The number of carbonyl (C=O) groups is 1. The summed E-state index contributed by atoms with van der Waals surface area (Å²) in [6.07, 6.45) is -10.8. The molecule has 3 rings (SSSR count). The Labute approximate surface area is 174 Å². The fraction of sp³-hybridized carbons (Fsp3) is 0.450. The number of hydrogen-bond donors (Lipinski definition) is 1. The third-order valence-corrected chi connectivity index (χ3v) is 5.00. The number of carbonyl (C=O) groups excluding carboxylic acids is 1. The average Bonchev–Trinajstić information content (AvgIpc) is 3.38. The van der Waals surface area contributed by atoms with Crippen LogP contribution in [0.1, 0.15) is 29.0 Å².